The van der Waals surface area contributed by atoms with Crippen LogP contribution in [0.5, 0.6) is 17.2 Å². The summed E-state index contributed by atoms with van der Waals surface area (Å²) in [4.78, 5) is 10.7. The van der Waals surface area contributed by atoms with Gasteiger partial charge in [0.15, 0.2) is 0 Å². The van der Waals surface area contributed by atoms with Crippen LogP contribution < -0.4 is 30.1 Å². The first kappa shape index (κ1) is 32.0. The van der Waals surface area contributed by atoms with E-state index in [-0.39, 0.29) is 6.42 Å². The topological polar surface area (TPSA) is 65.0 Å². The van der Waals surface area contributed by atoms with Crippen LogP contribution in [0.2, 0.25) is 0 Å². The number of carboxylic acids is 1. The van der Waals surface area contributed by atoms with Crippen molar-refractivity contribution in [3.63, 3.8) is 0 Å². The molecule has 0 unspecified atom stereocenters. The van der Waals surface area contributed by atoms with Gasteiger partial charge in [-0.1, -0.05) is 0 Å². The van der Waals surface area contributed by atoms with E-state index in [0.29, 0.717) is 0 Å². The number of methoxy groups -OCH3 is 3. The van der Waals surface area contributed by atoms with Gasteiger partial charge in [0.25, 0.3) is 0 Å². The molecule has 5 nitrogen and oxygen atoms in total. The van der Waals surface area contributed by atoms with Gasteiger partial charge in [-0.2, -0.15) is 0 Å². The monoisotopic (exact) mass is 630 g/mol. The Morgan fingerprint density at radius 3 is 1.18 bits per heavy atom. The Morgan fingerprint density at radius 1 is 0.575 bits per heavy atom. The Bertz CT molecular complexity index is 1060. The number of aliphatic carboxylic acids is 1. The molecule has 0 aliphatic heterocycles. The summed E-state index contributed by atoms with van der Waals surface area (Å²) < 4.78 is 16.5. The fourth-order valence-corrected chi connectivity index (χ4v) is 13.1. The molecule has 0 spiro atoms. The second-order valence-electron chi connectivity index (χ2n) is 10.3. The van der Waals surface area contributed by atoms with Gasteiger partial charge in [0.1, 0.15) is 0 Å². The zero-order chi connectivity index (χ0) is 28.9. The van der Waals surface area contributed by atoms with E-state index in [1.54, 1.807) is 21.3 Å². The van der Waals surface area contributed by atoms with Gasteiger partial charge in [0, 0.05) is 0 Å². The van der Waals surface area contributed by atoms with Crippen LogP contribution in [0.15, 0.2) is 72.8 Å². The summed E-state index contributed by atoms with van der Waals surface area (Å²) in [5.74, 6) is 1.83. The third-order valence-corrected chi connectivity index (χ3v) is 17.8. The molecule has 1 N–H and O–H groups in total. The Morgan fingerprint density at radius 2 is 0.875 bits per heavy atom. The second kappa shape index (κ2) is 15.4. The van der Waals surface area contributed by atoms with Crippen LogP contribution in [0.1, 0.15) is 64.2 Å². The van der Waals surface area contributed by atoms with Crippen molar-refractivity contribution in [3.8, 4) is 17.2 Å². The van der Waals surface area contributed by atoms with Crippen LogP contribution in [0.25, 0.3) is 0 Å². The predicted molar refractivity (Wildman–Crippen MR) is 172 cm³/mol. The number of benzene rings is 3. The Hall–Kier alpha value is -2.56. The molecule has 0 aliphatic rings. The van der Waals surface area contributed by atoms with Crippen molar-refractivity contribution in [3.05, 3.63) is 72.8 Å². The average molecular weight is 632 g/mol. The number of rotatable bonds is 18. The fraction of sp³-hybridized carbons (Fsp3) is 0.424. The summed E-state index contributed by atoms with van der Waals surface area (Å²) in [5, 5.41) is 9.53. The minimum atomic E-state index is -3.05. The first-order chi connectivity index (χ1) is 19.3. The van der Waals surface area contributed by atoms with E-state index in [9.17, 15) is 4.79 Å². The molecule has 0 atom stereocenters. The van der Waals surface area contributed by atoms with Crippen LogP contribution in [-0.2, 0) is 4.79 Å². The molecular formula is C33H44BrO5P. The molecule has 0 radical (unpaired) electrons. The average Bonchev–Trinajstić information content (AvgIpc) is 2.99. The first-order valence-electron chi connectivity index (χ1n) is 14.2. The van der Waals surface area contributed by atoms with Crippen molar-refractivity contribution in [2.75, 3.05) is 27.5 Å². The van der Waals surface area contributed by atoms with Gasteiger partial charge < -0.3 is 5.11 Å². The summed E-state index contributed by atoms with van der Waals surface area (Å²) in [5.41, 5.74) is 0. The first-order valence-corrected chi connectivity index (χ1v) is 18.7. The molecule has 218 valence electrons. The molecule has 0 heterocycles. The maximum absolute atomic E-state index is 10.7. The molecule has 0 saturated heterocycles. The quantitative estimate of drug-likeness (QED) is 0.115. The van der Waals surface area contributed by atoms with Crippen molar-refractivity contribution in [1.29, 1.82) is 0 Å². The maximum atomic E-state index is 10.7. The predicted octanol–water partition coefficient (Wildman–Crippen LogP) is 7.84. The molecule has 3 rings (SSSR count). The molecule has 0 aliphatic carbocycles. The van der Waals surface area contributed by atoms with Crippen LogP contribution in [0.4, 0.5) is 0 Å². The van der Waals surface area contributed by atoms with Gasteiger partial charge in [0.05, 0.1) is 0 Å². The zero-order valence-corrected chi connectivity index (χ0v) is 26.6. The standard InChI is InChI=1S/C33H44BrO5P/c1-37-27-14-20-30(21-15-27)40(34,31-22-16-28(38-2)17-23-31,32-24-18-29(39-3)19-25-32)26-12-10-8-6-4-5-7-9-11-13-33(35)36/h14-25H,4-13,26H2,1-3H3,(H,35,36). The number of unbranched alkanes of at least 4 members (excludes halogenated alkanes) is 8. The van der Waals surface area contributed by atoms with E-state index in [4.69, 9.17) is 19.3 Å². The van der Waals surface area contributed by atoms with Crippen molar-refractivity contribution in [2.45, 2.75) is 64.2 Å². The summed E-state index contributed by atoms with van der Waals surface area (Å²) in [6.45, 7) is 0. The molecule has 0 bridgehead atoms. The van der Waals surface area contributed by atoms with Crippen molar-refractivity contribution >= 4 is 42.7 Å². The van der Waals surface area contributed by atoms with Crippen LogP contribution in [0, 0.1) is 0 Å². The van der Waals surface area contributed by atoms with Crippen molar-refractivity contribution in [1.82, 2.24) is 0 Å². The molecule has 0 amide bonds. The second-order valence-corrected chi connectivity index (χ2v) is 19.4. The van der Waals surface area contributed by atoms with E-state index in [1.165, 1.54) is 41.6 Å². The van der Waals surface area contributed by atoms with E-state index < -0.39 is 11.3 Å². The molecule has 40 heavy (non-hydrogen) atoms. The molecule has 0 saturated carbocycles. The Balaban J connectivity index is 1.84. The third kappa shape index (κ3) is 7.79. The summed E-state index contributed by atoms with van der Waals surface area (Å²) in [6, 6.07) is 25.6. The number of carbonyl (C=O) groups is 1. The Labute approximate surface area is 247 Å². The van der Waals surface area contributed by atoms with E-state index in [0.717, 1.165) is 55.5 Å². The van der Waals surface area contributed by atoms with Crippen LogP contribution >= 0.6 is 20.8 Å². The van der Waals surface area contributed by atoms with E-state index in [1.807, 2.05) is 0 Å². The fourth-order valence-electron chi connectivity index (χ4n) is 5.44. The van der Waals surface area contributed by atoms with Gasteiger partial charge in [-0.15, -0.1) is 0 Å². The van der Waals surface area contributed by atoms with E-state index in [2.05, 4.69) is 88.3 Å². The number of hydrogen-bond donors (Lipinski definition) is 1. The van der Waals surface area contributed by atoms with Crippen LogP contribution in [0.3, 0.4) is 0 Å². The number of ether oxygens (including phenoxy) is 3. The van der Waals surface area contributed by atoms with Gasteiger partial charge in [-0.25, -0.2) is 0 Å². The van der Waals surface area contributed by atoms with Crippen molar-refractivity contribution < 1.29 is 24.1 Å². The molecular weight excluding hydrogens is 587 g/mol. The summed E-state index contributed by atoms with van der Waals surface area (Å²) in [6.07, 6.45) is 11.2. The number of hydrogen-bond acceptors (Lipinski definition) is 4. The van der Waals surface area contributed by atoms with Gasteiger partial charge >= 0.3 is 239 Å². The van der Waals surface area contributed by atoms with Crippen LogP contribution in [-0.4, -0.2) is 38.6 Å². The normalized spacial score (nSPS) is 12.3. The van der Waals surface area contributed by atoms with Gasteiger partial charge in [-0.3, -0.25) is 4.79 Å². The SMILES string of the molecule is COc1ccc(P(Br)(CCCCCCCCCCCC(=O)O)(c2ccc(OC)cc2)c2ccc(OC)cc2)cc1. The van der Waals surface area contributed by atoms with Gasteiger partial charge in [0.2, 0.25) is 0 Å². The number of carboxylic acid groups (broad SMARTS) is 1. The summed E-state index contributed by atoms with van der Waals surface area (Å²) >= 11 is 4.55. The van der Waals surface area contributed by atoms with Gasteiger partial charge in [-0.05, 0) is 0 Å². The molecule has 3 aromatic rings. The zero-order valence-electron chi connectivity index (χ0n) is 24.1. The minimum absolute atomic E-state index is 0.287. The Kier molecular flexibility index (Phi) is 12.3. The molecule has 3 aromatic carbocycles. The summed E-state index contributed by atoms with van der Waals surface area (Å²) in [7, 11) is 5.10. The number of halogens is 1. The molecule has 0 aromatic heterocycles. The molecule has 0 fully saturated rings. The molecule has 7 heteroatoms. The van der Waals surface area contributed by atoms with E-state index >= 15 is 0 Å². The van der Waals surface area contributed by atoms with Crippen molar-refractivity contribution in [2.24, 2.45) is 0 Å². The third-order valence-electron chi connectivity index (χ3n) is 7.80.